The van der Waals surface area contributed by atoms with Crippen LogP contribution in [0.25, 0.3) is 0 Å². The molecule has 0 aromatic rings. The van der Waals surface area contributed by atoms with Crippen LogP contribution in [0.4, 0.5) is 0 Å². The number of nitrogens with two attached hydrogens (primary N) is 1. The van der Waals surface area contributed by atoms with Gasteiger partial charge in [0.15, 0.2) is 6.10 Å². The molecule has 0 aromatic carbocycles. The summed E-state index contributed by atoms with van der Waals surface area (Å²) < 4.78 is 33.0. The van der Waals surface area contributed by atoms with Crippen LogP contribution in [-0.4, -0.2) is 49.3 Å². The van der Waals surface area contributed by atoms with Gasteiger partial charge in [-0.1, -0.05) is 272 Å². The van der Waals surface area contributed by atoms with Gasteiger partial charge in [-0.25, -0.2) is 4.57 Å². The van der Waals surface area contributed by atoms with E-state index in [0.717, 1.165) is 96.3 Å². The molecule has 0 amide bonds. The normalized spacial score (nSPS) is 13.7. The minimum Gasteiger partial charge on any atom is -0.462 e. The number of phosphoric acid groups is 1. The molecule has 0 aliphatic heterocycles. The lowest BCUT2D eigenvalue weighted by Gasteiger charge is -2.19. The Balaban J connectivity index is 4.04. The summed E-state index contributed by atoms with van der Waals surface area (Å²) in [6.07, 6.45) is 79.0. The Hall–Kier alpha value is -3.07. The number of phosphoric ester groups is 1. The maximum atomic E-state index is 12.7. The van der Waals surface area contributed by atoms with E-state index in [9.17, 15) is 19.0 Å². The highest BCUT2D eigenvalue weighted by Crippen LogP contribution is 2.43. The number of carbonyl (C=O) groups is 2. The predicted octanol–water partition coefficient (Wildman–Crippen LogP) is 19.2. The largest absolute Gasteiger partial charge is 0.472 e. The first-order valence-electron chi connectivity index (χ1n) is 30.2. The number of ether oxygens (including phenoxy) is 2. The third-order valence-electron chi connectivity index (χ3n) is 12.7. The number of allylic oxidation sites excluding steroid dienone is 16. The fourth-order valence-corrected chi connectivity index (χ4v) is 9.07. The molecule has 0 bridgehead atoms. The van der Waals surface area contributed by atoms with Gasteiger partial charge in [0, 0.05) is 19.4 Å². The summed E-state index contributed by atoms with van der Waals surface area (Å²) in [5.74, 6) is -0.853. The molecule has 9 nitrogen and oxygen atoms in total. The van der Waals surface area contributed by atoms with Gasteiger partial charge in [0.05, 0.1) is 13.2 Å². The van der Waals surface area contributed by atoms with Crippen molar-refractivity contribution in [2.24, 2.45) is 5.73 Å². The lowest BCUT2D eigenvalue weighted by atomic mass is 10.0. The van der Waals surface area contributed by atoms with E-state index in [0.29, 0.717) is 6.42 Å². The third-order valence-corrected chi connectivity index (χ3v) is 13.7. The molecule has 2 atom stereocenters. The average Bonchev–Trinajstić information content (AvgIpc) is 3.39. The highest BCUT2D eigenvalue weighted by Gasteiger charge is 2.26. The fraction of sp³-hybridized carbons (Fsp3) is 0.719. The Bertz CT molecular complexity index is 1530. The Labute approximate surface area is 455 Å². The Kier molecular flexibility index (Phi) is 56.7. The van der Waals surface area contributed by atoms with Crippen LogP contribution < -0.4 is 5.73 Å². The zero-order valence-electron chi connectivity index (χ0n) is 47.6. The van der Waals surface area contributed by atoms with Crippen LogP contribution in [0.15, 0.2) is 97.2 Å². The molecule has 0 radical (unpaired) electrons. The minimum absolute atomic E-state index is 0.0451. The van der Waals surface area contributed by atoms with Crippen LogP contribution in [0.5, 0.6) is 0 Å². The molecular formula is C64H112NO8P. The van der Waals surface area contributed by atoms with E-state index in [-0.39, 0.29) is 38.6 Å². The minimum atomic E-state index is -4.40. The second-order valence-corrected chi connectivity index (χ2v) is 21.3. The topological polar surface area (TPSA) is 134 Å². The van der Waals surface area contributed by atoms with Crippen LogP contribution in [0.2, 0.25) is 0 Å². The number of hydrogen-bond donors (Lipinski definition) is 2. The summed E-state index contributed by atoms with van der Waals surface area (Å²) in [6, 6.07) is 0. The monoisotopic (exact) mass is 1050 g/mol. The number of hydrogen-bond acceptors (Lipinski definition) is 8. The summed E-state index contributed by atoms with van der Waals surface area (Å²) in [4.78, 5) is 35.2. The van der Waals surface area contributed by atoms with Crippen molar-refractivity contribution in [3.63, 3.8) is 0 Å². The molecule has 0 aliphatic rings. The van der Waals surface area contributed by atoms with Crippen molar-refractivity contribution in [2.75, 3.05) is 26.4 Å². The Morgan fingerprint density at radius 3 is 1.11 bits per heavy atom. The maximum absolute atomic E-state index is 12.7. The maximum Gasteiger partial charge on any atom is 0.472 e. The van der Waals surface area contributed by atoms with Crippen molar-refractivity contribution in [1.29, 1.82) is 0 Å². The molecule has 0 rings (SSSR count). The van der Waals surface area contributed by atoms with Gasteiger partial charge in [-0.2, -0.15) is 0 Å². The van der Waals surface area contributed by atoms with E-state index < -0.39 is 26.5 Å². The molecule has 3 N–H and O–H groups in total. The summed E-state index contributed by atoms with van der Waals surface area (Å²) in [5.41, 5.74) is 5.38. The van der Waals surface area contributed by atoms with E-state index in [1.807, 2.05) is 0 Å². The first-order valence-corrected chi connectivity index (χ1v) is 31.7. The molecule has 0 aliphatic carbocycles. The first kappa shape index (κ1) is 70.9. The van der Waals surface area contributed by atoms with E-state index in [1.165, 1.54) is 135 Å². The SMILES string of the molecule is CC/C=C\C/C=C\C/C=C\C/C=C\C/C=C\C/C=C\C/C=C\C/C=C\CCCCCCC(=O)OC(COC(=O)CCCCCCCCCCCCCCCCCCCCCCCCCC)COP(=O)(O)OCCN. The zero-order valence-corrected chi connectivity index (χ0v) is 48.4. The number of unbranched alkanes of at least 4 members (excludes halogenated alkanes) is 27. The molecule has 0 saturated heterocycles. The van der Waals surface area contributed by atoms with Crippen LogP contribution in [-0.2, 0) is 32.7 Å². The van der Waals surface area contributed by atoms with E-state index in [4.69, 9.17) is 24.3 Å². The Morgan fingerprint density at radius 1 is 0.419 bits per heavy atom. The fourth-order valence-electron chi connectivity index (χ4n) is 8.30. The molecular weight excluding hydrogens is 942 g/mol. The van der Waals surface area contributed by atoms with Crippen LogP contribution in [0, 0.1) is 0 Å². The molecule has 0 saturated carbocycles. The van der Waals surface area contributed by atoms with Crippen molar-refractivity contribution in [2.45, 2.75) is 270 Å². The zero-order chi connectivity index (χ0) is 53.8. The highest BCUT2D eigenvalue weighted by molar-refractivity contribution is 7.47. The van der Waals surface area contributed by atoms with Crippen molar-refractivity contribution in [3.8, 4) is 0 Å². The van der Waals surface area contributed by atoms with Gasteiger partial charge in [0.2, 0.25) is 0 Å². The number of carbonyl (C=O) groups excluding carboxylic acids is 2. The van der Waals surface area contributed by atoms with Gasteiger partial charge in [-0.15, -0.1) is 0 Å². The van der Waals surface area contributed by atoms with Crippen molar-refractivity contribution < 1.29 is 37.6 Å². The average molecular weight is 1050 g/mol. The molecule has 426 valence electrons. The second kappa shape index (κ2) is 59.2. The second-order valence-electron chi connectivity index (χ2n) is 19.8. The van der Waals surface area contributed by atoms with Gasteiger partial charge >= 0.3 is 19.8 Å². The Morgan fingerprint density at radius 2 is 0.743 bits per heavy atom. The number of esters is 2. The quantitative estimate of drug-likeness (QED) is 0.0264. The van der Waals surface area contributed by atoms with E-state index in [2.05, 4.69) is 111 Å². The lowest BCUT2D eigenvalue weighted by Crippen LogP contribution is -2.29. The van der Waals surface area contributed by atoms with Gasteiger partial charge in [0.1, 0.15) is 6.61 Å². The molecule has 0 fully saturated rings. The molecule has 2 unspecified atom stereocenters. The summed E-state index contributed by atoms with van der Waals surface area (Å²) >= 11 is 0. The predicted molar refractivity (Wildman–Crippen MR) is 316 cm³/mol. The summed E-state index contributed by atoms with van der Waals surface area (Å²) in [7, 11) is -4.40. The van der Waals surface area contributed by atoms with Crippen LogP contribution in [0.3, 0.4) is 0 Å². The lowest BCUT2D eigenvalue weighted by molar-refractivity contribution is -0.161. The van der Waals surface area contributed by atoms with Gasteiger partial charge in [0.25, 0.3) is 0 Å². The van der Waals surface area contributed by atoms with Crippen molar-refractivity contribution in [3.05, 3.63) is 97.2 Å². The van der Waals surface area contributed by atoms with E-state index >= 15 is 0 Å². The van der Waals surface area contributed by atoms with Gasteiger partial charge in [-0.05, 0) is 77.0 Å². The van der Waals surface area contributed by atoms with Gasteiger partial charge < -0.3 is 20.1 Å². The molecule has 0 heterocycles. The molecule has 74 heavy (non-hydrogen) atoms. The standard InChI is InChI=1S/C64H112NO8P/c1-3-5-7-9-11-13-15-17-19-21-23-25-27-29-30-31-32-33-35-37-39-41-43-45-47-49-51-53-55-57-64(67)73-62(61-72-74(68,69)71-59-58-65)60-70-63(66)56-54-52-50-48-46-44-42-40-38-36-34-28-26-24-22-20-18-16-14-12-10-8-6-4-2/h5,7,11,13,17,19,23,25,29-30,32-33,37,39,43,45,62H,3-4,6,8-10,12,14-16,18,20-22,24,26-28,31,34-36,38,40-42,44,46-61,65H2,1-2H3,(H,68,69)/b7-5-,13-11-,19-17-,25-23-,30-29-,33-32-,39-37-,45-43-. The van der Waals surface area contributed by atoms with Crippen molar-refractivity contribution in [1.82, 2.24) is 0 Å². The molecule has 0 aromatic heterocycles. The smallest absolute Gasteiger partial charge is 0.462 e. The van der Waals surface area contributed by atoms with Gasteiger partial charge in [-0.3, -0.25) is 18.6 Å². The van der Waals surface area contributed by atoms with Crippen molar-refractivity contribution >= 4 is 19.8 Å². The first-order chi connectivity index (χ1) is 36.3. The molecule has 10 heteroatoms. The summed E-state index contributed by atoms with van der Waals surface area (Å²) in [5, 5.41) is 0. The third kappa shape index (κ3) is 58.2. The van der Waals surface area contributed by atoms with Crippen LogP contribution in [0.1, 0.15) is 264 Å². The summed E-state index contributed by atoms with van der Waals surface area (Å²) in [6.45, 7) is 3.62. The van der Waals surface area contributed by atoms with Crippen LogP contribution >= 0.6 is 7.82 Å². The number of rotatable bonds is 56. The highest BCUT2D eigenvalue weighted by atomic mass is 31.2. The molecule has 0 spiro atoms. The van der Waals surface area contributed by atoms with E-state index in [1.54, 1.807) is 0 Å².